The molecule has 2 unspecified atom stereocenters. The van der Waals surface area contributed by atoms with Crippen LogP contribution in [0.25, 0.3) is 0 Å². The largest absolute Gasteiger partial charge is 0.386 e. The average Bonchev–Trinajstić information content (AvgIpc) is 3.06. The molecule has 2 bridgehead atoms. The first-order chi connectivity index (χ1) is 18.4. The van der Waals surface area contributed by atoms with Crippen LogP contribution in [0.2, 0.25) is 5.02 Å². The molecule has 3 aromatic rings. The molecule has 0 spiro atoms. The summed E-state index contributed by atoms with van der Waals surface area (Å²) in [5.41, 5.74) is -1.61. The summed E-state index contributed by atoms with van der Waals surface area (Å²) in [6, 6.07) is 8.95. The van der Waals surface area contributed by atoms with Gasteiger partial charge in [-0.15, -0.1) is 0 Å². The lowest BCUT2D eigenvalue weighted by Gasteiger charge is -2.45. The Morgan fingerprint density at radius 3 is 2.33 bits per heavy atom. The lowest BCUT2D eigenvalue weighted by molar-refractivity contribution is -0.145. The molecule has 1 heterocycles. The van der Waals surface area contributed by atoms with Gasteiger partial charge in [0.1, 0.15) is 17.5 Å². The van der Waals surface area contributed by atoms with Crippen molar-refractivity contribution in [1.29, 1.82) is 0 Å². The van der Waals surface area contributed by atoms with Gasteiger partial charge in [0.15, 0.2) is 21.5 Å². The number of carbonyl (C=O) groups is 1. The predicted octanol–water partition coefficient (Wildman–Crippen LogP) is 4.83. The van der Waals surface area contributed by atoms with Gasteiger partial charge in [-0.2, -0.15) is 0 Å². The van der Waals surface area contributed by atoms with E-state index in [1.807, 2.05) is 0 Å². The minimum absolute atomic E-state index is 0.0180. The molecule has 1 amide bonds. The summed E-state index contributed by atoms with van der Waals surface area (Å²) in [5, 5.41) is 23.9. The van der Waals surface area contributed by atoms with Crippen LogP contribution in [0.5, 0.6) is 0 Å². The number of hydrogen-bond donors (Lipinski definition) is 3. The van der Waals surface area contributed by atoms with E-state index in [4.69, 9.17) is 11.6 Å². The SMILES string of the molecule is O=C(Nc1ccc(F)c(F)c1)c1ccc(Cl)c(S(=O)(=O)C2C[C@H]3CC[C@@H](C2)C3(O)[C@@H](O)c2ccc(F)cn2)c1. The highest BCUT2D eigenvalue weighted by atomic mass is 35.5. The zero-order valence-corrected chi connectivity index (χ0v) is 21.9. The lowest BCUT2D eigenvalue weighted by atomic mass is 9.70. The third-order valence-electron chi connectivity index (χ3n) is 7.85. The van der Waals surface area contributed by atoms with E-state index in [0.29, 0.717) is 12.8 Å². The first-order valence-electron chi connectivity index (χ1n) is 12.2. The van der Waals surface area contributed by atoms with Crippen molar-refractivity contribution in [2.45, 2.75) is 47.5 Å². The number of benzene rings is 2. The van der Waals surface area contributed by atoms with E-state index in [9.17, 15) is 36.6 Å². The molecule has 0 saturated heterocycles. The number of sulfone groups is 1. The number of aliphatic hydroxyl groups is 2. The fourth-order valence-electron chi connectivity index (χ4n) is 5.85. The molecule has 7 nitrogen and oxygen atoms in total. The number of fused-ring (bicyclic) bond motifs is 2. The highest BCUT2D eigenvalue weighted by Crippen LogP contribution is 2.56. The highest BCUT2D eigenvalue weighted by Gasteiger charge is 2.59. The van der Waals surface area contributed by atoms with E-state index >= 15 is 0 Å². The van der Waals surface area contributed by atoms with Crippen molar-refractivity contribution in [3.63, 3.8) is 0 Å². The van der Waals surface area contributed by atoms with Crippen molar-refractivity contribution in [1.82, 2.24) is 4.98 Å². The van der Waals surface area contributed by atoms with Crippen LogP contribution in [-0.4, -0.2) is 40.4 Å². The topological polar surface area (TPSA) is 117 Å². The Kier molecular flexibility index (Phi) is 7.21. The second kappa shape index (κ2) is 10.2. The third kappa shape index (κ3) is 4.93. The molecule has 12 heteroatoms. The molecule has 2 saturated carbocycles. The summed E-state index contributed by atoms with van der Waals surface area (Å²) < 4.78 is 67.5. The molecule has 5 rings (SSSR count). The van der Waals surface area contributed by atoms with Gasteiger partial charge in [-0.3, -0.25) is 9.78 Å². The van der Waals surface area contributed by atoms with Crippen molar-refractivity contribution < 1.29 is 36.6 Å². The number of aromatic nitrogens is 1. The van der Waals surface area contributed by atoms with E-state index in [2.05, 4.69) is 10.3 Å². The predicted molar refractivity (Wildman–Crippen MR) is 136 cm³/mol. The molecule has 3 N–H and O–H groups in total. The second-order valence-corrected chi connectivity index (χ2v) is 12.6. The molecule has 2 aliphatic carbocycles. The van der Waals surface area contributed by atoms with Gasteiger partial charge in [0.05, 0.1) is 27.1 Å². The smallest absolute Gasteiger partial charge is 0.255 e. The van der Waals surface area contributed by atoms with E-state index in [0.717, 1.165) is 30.5 Å². The Morgan fingerprint density at radius 1 is 1.03 bits per heavy atom. The number of halogens is 4. The van der Waals surface area contributed by atoms with Gasteiger partial charge in [0, 0.05) is 17.3 Å². The van der Waals surface area contributed by atoms with Crippen molar-refractivity contribution in [3.8, 4) is 0 Å². The van der Waals surface area contributed by atoms with E-state index in [1.54, 1.807) is 0 Å². The Hall–Kier alpha value is -2.99. The molecule has 0 aliphatic heterocycles. The summed E-state index contributed by atoms with van der Waals surface area (Å²) >= 11 is 6.26. The third-order valence-corrected chi connectivity index (χ3v) is 10.5. The van der Waals surface area contributed by atoms with Crippen LogP contribution in [0.1, 0.15) is 47.8 Å². The maximum atomic E-state index is 13.7. The van der Waals surface area contributed by atoms with Gasteiger partial charge in [-0.25, -0.2) is 21.6 Å². The number of anilines is 1. The Bertz CT molecular complexity index is 1520. The molecule has 2 aliphatic rings. The number of nitrogens with zero attached hydrogens (tertiary/aromatic N) is 1. The van der Waals surface area contributed by atoms with Crippen LogP contribution >= 0.6 is 11.6 Å². The molecule has 2 fully saturated rings. The molecule has 1 aromatic heterocycles. The molecule has 206 valence electrons. The zero-order chi connectivity index (χ0) is 28.1. The van der Waals surface area contributed by atoms with Gasteiger partial charge >= 0.3 is 0 Å². The number of pyridine rings is 1. The number of nitrogens with one attached hydrogen (secondary N) is 1. The maximum absolute atomic E-state index is 13.7. The van der Waals surface area contributed by atoms with Crippen LogP contribution in [0.15, 0.2) is 59.6 Å². The van der Waals surface area contributed by atoms with Gasteiger partial charge in [-0.05, 0) is 80.0 Å². The summed E-state index contributed by atoms with van der Waals surface area (Å²) in [6.45, 7) is 0. The quantitative estimate of drug-likeness (QED) is 0.384. The van der Waals surface area contributed by atoms with E-state index < -0.39 is 62.0 Å². The molecule has 2 aromatic carbocycles. The summed E-state index contributed by atoms with van der Waals surface area (Å²) in [4.78, 5) is 16.4. The number of hydrogen-bond acceptors (Lipinski definition) is 6. The van der Waals surface area contributed by atoms with Crippen LogP contribution < -0.4 is 5.32 Å². The van der Waals surface area contributed by atoms with Gasteiger partial charge < -0.3 is 15.5 Å². The minimum atomic E-state index is -4.09. The fourth-order valence-corrected chi connectivity index (χ4v) is 8.25. The van der Waals surface area contributed by atoms with Crippen LogP contribution in [0.3, 0.4) is 0 Å². The first kappa shape index (κ1) is 27.6. The molecule has 5 atom stereocenters. The number of rotatable bonds is 6. The van der Waals surface area contributed by atoms with Crippen LogP contribution in [0.4, 0.5) is 18.9 Å². The van der Waals surface area contributed by atoms with E-state index in [1.165, 1.54) is 24.3 Å². The zero-order valence-electron chi connectivity index (χ0n) is 20.3. The summed E-state index contributed by atoms with van der Waals surface area (Å²) in [7, 11) is -4.09. The monoisotopic (exact) mass is 580 g/mol. The van der Waals surface area contributed by atoms with Crippen LogP contribution in [-0.2, 0) is 9.84 Å². The Labute approximate surface area is 227 Å². The van der Waals surface area contributed by atoms with Crippen molar-refractivity contribution in [2.75, 3.05) is 5.32 Å². The van der Waals surface area contributed by atoms with Gasteiger partial charge in [0.25, 0.3) is 5.91 Å². The minimum Gasteiger partial charge on any atom is -0.386 e. The molecular formula is C27H24ClF3N2O5S. The normalized spacial score (nSPS) is 25.3. The van der Waals surface area contributed by atoms with Crippen LogP contribution in [0, 0.1) is 29.3 Å². The molecular weight excluding hydrogens is 557 g/mol. The molecule has 0 radical (unpaired) electrons. The molecule has 39 heavy (non-hydrogen) atoms. The number of amides is 1. The van der Waals surface area contributed by atoms with Crippen molar-refractivity contribution in [2.24, 2.45) is 11.8 Å². The summed E-state index contributed by atoms with van der Waals surface area (Å²) in [6.07, 6.45) is 0.555. The maximum Gasteiger partial charge on any atom is 0.255 e. The van der Waals surface area contributed by atoms with Crippen molar-refractivity contribution in [3.05, 3.63) is 88.5 Å². The Balaban J connectivity index is 1.38. The van der Waals surface area contributed by atoms with Crippen molar-refractivity contribution >= 4 is 33.0 Å². The number of carbonyl (C=O) groups excluding carboxylic acids is 1. The first-order valence-corrected chi connectivity index (χ1v) is 14.2. The fraction of sp³-hybridized carbons (Fsp3) is 0.333. The van der Waals surface area contributed by atoms with Gasteiger partial charge in [-0.1, -0.05) is 11.6 Å². The number of aliphatic hydroxyl groups excluding tert-OH is 1. The summed E-state index contributed by atoms with van der Waals surface area (Å²) in [5.74, 6) is -4.72. The standard InChI is InChI=1S/C27H24ClF3N2O5S/c28-20-6-1-14(26(35)33-18-5-7-21(30)22(31)12-18)9-24(20)39(37,38)19-10-15-2-3-16(11-19)27(15,36)25(34)23-8-4-17(29)13-32-23/h1,4-9,12-13,15-16,19,25,34,36H,2-3,10-11H2,(H,33,35)/t15-,16+,19?,25-,27?/m0/s1. The average molecular weight is 581 g/mol. The Morgan fingerprint density at radius 2 is 1.72 bits per heavy atom. The van der Waals surface area contributed by atoms with Gasteiger partial charge in [0.2, 0.25) is 0 Å². The van der Waals surface area contributed by atoms with E-state index in [-0.39, 0.29) is 39.7 Å². The highest BCUT2D eigenvalue weighted by molar-refractivity contribution is 7.92. The second-order valence-electron chi connectivity index (χ2n) is 10.0. The lowest BCUT2D eigenvalue weighted by Crippen LogP contribution is -2.52.